The molecule has 0 aromatic heterocycles. The molecule has 0 spiro atoms. The normalized spacial score (nSPS) is 9.83. The summed E-state index contributed by atoms with van der Waals surface area (Å²) in [7, 11) is 0. The summed E-state index contributed by atoms with van der Waals surface area (Å²) >= 11 is 5.56. The molecule has 5 heteroatoms. The second-order valence-corrected chi connectivity index (χ2v) is 3.95. The molecule has 0 saturated heterocycles. The van der Waals surface area contributed by atoms with Crippen molar-refractivity contribution in [3.63, 3.8) is 0 Å². The Labute approximate surface area is 108 Å². The second-order valence-electron chi connectivity index (χ2n) is 3.55. The van der Waals surface area contributed by atoms with Crippen LogP contribution in [0.1, 0.15) is 5.56 Å². The van der Waals surface area contributed by atoms with E-state index in [1.807, 2.05) is 6.07 Å². The molecule has 0 aliphatic carbocycles. The lowest BCUT2D eigenvalue weighted by Gasteiger charge is -2.08. The summed E-state index contributed by atoms with van der Waals surface area (Å²) in [4.78, 5) is 0. The van der Waals surface area contributed by atoms with Gasteiger partial charge in [-0.2, -0.15) is 5.26 Å². The van der Waals surface area contributed by atoms with E-state index in [1.54, 1.807) is 12.1 Å². The van der Waals surface area contributed by atoms with Gasteiger partial charge in [0.2, 0.25) is 0 Å². The minimum absolute atomic E-state index is 0.0140. The predicted molar refractivity (Wildman–Crippen MR) is 67.1 cm³/mol. The zero-order valence-corrected chi connectivity index (χ0v) is 9.91. The highest BCUT2D eigenvalue weighted by molar-refractivity contribution is 6.30. The van der Waals surface area contributed by atoms with Crippen LogP contribution >= 0.6 is 11.6 Å². The van der Waals surface area contributed by atoms with Crippen molar-refractivity contribution >= 4 is 17.3 Å². The first-order chi connectivity index (χ1) is 8.60. The quantitative estimate of drug-likeness (QED) is 0.839. The van der Waals surface area contributed by atoms with Crippen LogP contribution in [0.5, 0.6) is 11.5 Å². The van der Waals surface area contributed by atoms with Crippen molar-refractivity contribution < 1.29 is 9.13 Å². The molecule has 0 unspecified atom stereocenters. The van der Waals surface area contributed by atoms with E-state index in [9.17, 15) is 4.39 Å². The van der Waals surface area contributed by atoms with Crippen LogP contribution in [0.2, 0.25) is 5.02 Å². The van der Waals surface area contributed by atoms with Crippen LogP contribution in [0.3, 0.4) is 0 Å². The third-order valence-corrected chi connectivity index (χ3v) is 2.55. The van der Waals surface area contributed by atoms with E-state index in [2.05, 4.69) is 0 Å². The average Bonchev–Trinajstić information content (AvgIpc) is 2.36. The van der Waals surface area contributed by atoms with Crippen molar-refractivity contribution in [1.82, 2.24) is 0 Å². The number of nitrogens with zero attached hydrogens (tertiary/aromatic N) is 1. The molecule has 0 amide bonds. The summed E-state index contributed by atoms with van der Waals surface area (Å²) in [5, 5.41) is 8.95. The van der Waals surface area contributed by atoms with Crippen molar-refractivity contribution in [2.24, 2.45) is 0 Å². The fourth-order valence-electron chi connectivity index (χ4n) is 1.39. The number of nitrogen functional groups attached to an aromatic ring is 1. The van der Waals surface area contributed by atoms with Gasteiger partial charge in [-0.25, -0.2) is 4.39 Å². The molecule has 90 valence electrons. The van der Waals surface area contributed by atoms with Crippen molar-refractivity contribution in [1.29, 1.82) is 5.26 Å². The smallest absolute Gasteiger partial charge is 0.145 e. The first kappa shape index (κ1) is 12.2. The van der Waals surface area contributed by atoms with E-state index in [0.717, 1.165) is 6.07 Å². The molecule has 0 heterocycles. The summed E-state index contributed by atoms with van der Waals surface area (Å²) in [6, 6.07) is 10.7. The highest BCUT2D eigenvalue weighted by Crippen LogP contribution is 2.28. The first-order valence-electron chi connectivity index (χ1n) is 5.02. The monoisotopic (exact) mass is 262 g/mol. The van der Waals surface area contributed by atoms with Gasteiger partial charge in [0.1, 0.15) is 23.4 Å². The van der Waals surface area contributed by atoms with Crippen molar-refractivity contribution in [3.8, 4) is 17.6 Å². The van der Waals surface area contributed by atoms with Crippen LogP contribution in [-0.4, -0.2) is 0 Å². The number of halogens is 2. The molecule has 18 heavy (non-hydrogen) atoms. The maximum absolute atomic E-state index is 13.2. The molecular weight excluding hydrogens is 255 g/mol. The van der Waals surface area contributed by atoms with Crippen LogP contribution in [0, 0.1) is 17.1 Å². The van der Waals surface area contributed by atoms with Crippen molar-refractivity contribution in [2.45, 2.75) is 0 Å². The van der Waals surface area contributed by atoms with Crippen LogP contribution < -0.4 is 10.5 Å². The minimum atomic E-state index is -0.580. The van der Waals surface area contributed by atoms with Crippen molar-refractivity contribution in [3.05, 3.63) is 52.8 Å². The van der Waals surface area contributed by atoms with Gasteiger partial charge in [0.15, 0.2) is 0 Å². The lowest BCUT2D eigenvalue weighted by atomic mass is 10.2. The molecule has 0 saturated carbocycles. The van der Waals surface area contributed by atoms with Gasteiger partial charge in [0.25, 0.3) is 0 Å². The zero-order chi connectivity index (χ0) is 13.1. The molecule has 2 aromatic rings. The Morgan fingerprint density at radius 1 is 1.22 bits per heavy atom. The molecular formula is C13H8ClFN2O. The first-order valence-corrected chi connectivity index (χ1v) is 5.40. The van der Waals surface area contributed by atoms with Crippen LogP contribution in [0.4, 0.5) is 10.1 Å². The van der Waals surface area contributed by atoms with Gasteiger partial charge in [-0.15, -0.1) is 0 Å². The number of anilines is 1. The molecule has 0 radical (unpaired) electrons. The molecule has 0 atom stereocenters. The highest BCUT2D eigenvalue weighted by Gasteiger charge is 2.07. The summed E-state index contributed by atoms with van der Waals surface area (Å²) in [6.45, 7) is 0. The van der Waals surface area contributed by atoms with Gasteiger partial charge in [0, 0.05) is 11.8 Å². The van der Waals surface area contributed by atoms with E-state index in [4.69, 9.17) is 27.3 Å². The van der Waals surface area contributed by atoms with E-state index in [-0.39, 0.29) is 16.3 Å². The van der Waals surface area contributed by atoms with Gasteiger partial charge in [0.05, 0.1) is 10.6 Å². The maximum Gasteiger partial charge on any atom is 0.145 e. The Morgan fingerprint density at radius 2 is 2.00 bits per heavy atom. The Morgan fingerprint density at radius 3 is 2.67 bits per heavy atom. The van der Waals surface area contributed by atoms with Crippen LogP contribution in [0.25, 0.3) is 0 Å². The van der Waals surface area contributed by atoms with Crippen LogP contribution in [0.15, 0.2) is 36.4 Å². The summed E-state index contributed by atoms with van der Waals surface area (Å²) in [6.07, 6.45) is 0. The number of nitrogens with two attached hydrogens (primary N) is 1. The number of nitriles is 1. The molecule has 3 nitrogen and oxygen atoms in total. The summed E-state index contributed by atoms with van der Waals surface area (Å²) in [5.74, 6) is -0.00490. The summed E-state index contributed by atoms with van der Waals surface area (Å²) < 4.78 is 18.6. The third kappa shape index (κ3) is 2.53. The van der Waals surface area contributed by atoms with Gasteiger partial charge >= 0.3 is 0 Å². The average molecular weight is 263 g/mol. The highest BCUT2D eigenvalue weighted by atomic mass is 35.5. The van der Waals surface area contributed by atoms with Gasteiger partial charge in [-0.3, -0.25) is 0 Å². The molecule has 2 aromatic carbocycles. The molecule has 2 rings (SSSR count). The van der Waals surface area contributed by atoms with Gasteiger partial charge in [-0.1, -0.05) is 11.6 Å². The van der Waals surface area contributed by atoms with E-state index in [0.29, 0.717) is 11.4 Å². The van der Waals surface area contributed by atoms with Gasteiger partial charge in [-0.05, 0) is 30.3 Å². The Hall–Kier alpha value is -2.25. The lowest BCUT2D eigenvalue weighted by Crippen LogP contribution is -1.92. The second kappa shape index (κ2) is 4.94. The minimum Gasteiger partial charge on any atom is -0.456 e. The van der Waals surface area contributed by atoms with Crippen LogP contribution in [-0.2, 0) is 0 Å². The fraction of sp³-hybridized carbons (Fsp3) is 0. The number of benzene rings is 2. The lowest BCUT2D eigenvalue weighted by molar-refractivity contribution is 0.475. The predicted octanol–water partition coefficient (Wildman–Crippen LogP) is 3.73. The molecule has 2 N–H and O–H groups in total. The number of hydrogen-bond donors (Lipinski definition) is 1. The largest absolute Gasteiger partial charge is 0.456 e. The Balaban J connectivity index is 2.34. The van der Waals surface area contributed by atoms with Gasteiger partial charge < -0.3 is 10.5 Å². The van der Waals surface area contributed by atoms with E-state index < -0.39 is 5.82 Å². The Kier molecular flexibility index (Phi) is 3.35. The zero-order valence-electron chi connectivity index (χ0n) is 9.15. The summed E-state index contributed by atoms with van der Waals surface area (Å²) in [5.41, 5.74) is 6.30. The maximum atomic E-state index is 13.2. The van der Waals surface area contributed by atoms with E-state index in [1.165, 1.54) is 18.2 Å². The standard InChI is InChI=1S/C13H8ClFN2O/c14-11-3-2-10(6-12(11)15)18-13-4-1-9(17)5-8(13)7-16/h1-6H,17H2. The molecule has 0 fully saturated rings. The SMILES string of the molecule is N#Cc1cc(N)ccc1Oc1ccc(Cl)c(F)c1. The number of rotatable bonds is 2. The third-order valence-electron chi connectivity index (χ3n) is 2.24. The van der Waals surface area contributed by atoms with E-state index >= 15 is 0 Å². The fourth-order valence-corrected chi connectivity index (χ4v) is 1.51. The number of hydrogen-bond acceptors (Lipinski definition) is 3. The number of ether oxygens (including phenoxy) is 1. The Bertz CT molecular complexity index is 637. The molecule has 0 aliphatic rings. The molecule has 0 aliphatic heterocycles. The topological polar surface area (TPSA) is 59.0 Å². The molecule has 0 bridgehead atoms. The van der Waals surface area contributed by atoms with Crippen molar-refractivity contribution in [2.75, 3.05) is 5.73 Å².